The number of hydrazine groups is 1. The van der Waals surface area contributed by atoms with E-state index in [4.69, 9.17) is 21.1 Å². The molecule has 0 heterocycles. The number of amides is 2. The van der Waals surface area contributed by atoms with Crippen molar-refractivity contribution in [3.63, 3.8) is 0 Å². The lowest BCUT2D eigenvalue weighted by Gasteiger charge is -2.11. The molecule has 0 unspecified atom stereocenters. The van der Waals surface area contributed by atoms with Gasteiger partial charge < -0.3 is 9.47 Å². The van der Waals surface area contributed by atoms with Gasteiger partial charge in [0.15, 0.2) is 6.61 Å². The summed E-state index contributed by atoms with van der Waals surface area (Å²) in [5, 5.41) is 0.671. The van der Waals surface area contributed by atoms with Crippen molar-refractivity contribution in [1.82, 2.24) is 10.9 Å². The largest absolute Gasteiger partial charge is 0.493 e. The SMILES string of the molecule is Cc1cc(OCC(=O)NNC(=O)c2ccc(OCC(C)C)cc2)cc(C)c1Cl. The van der Waals surface area contributed by atoms with E-state index in [-0.39, 0.29) is 6.61 Å². The molecule has 6 nitrogen and oxygen atoms in total. The molecule has 0 radical (unpaired) electrons. The van der Waals surface area contributed by atoms with E-state index >= 15 is 0 Å². The first kappa shape index (κ1) is 21.6. The van der Waals surface area contributed by atoms with Crippen LogP contribution in [0.3, 0.4) is 0 Å². The highest BCUT2D eigenvalue weighted by Crippen LogP contribution is 2.25. The second-order valence-corrected chi connectivity index (χ2v) is 7.27. The van der Waals surface area contributed by atoms with Crippen LogP contribution in [0.25, 0.3) is 0 Å². The summed E-state index contributed by atoms with van der Waals surface area (Å²) in [7, 11) is 0. The van der Waals surface area contributed by atoms with Crippen LogP contribution in [-0.4, -0.2) is 25.0 Å². The Balaban J connectivity index is 1.79. The molecule has 2 rings (SSSR count). The molecular weight excluding hydrogens is 380 g/mol. The van der Waals surface area contributed by atoms with Crippen LogP contribution in [0, 0.1) is 19.8 Å². The number of carbonyl (C=O) groups is 2. The molecule has 2 amide bonds. The number of rotatable bonds is 7. The Labute approximate surface area is 170 Å². The molecule has 0 saturated carbocycles. The van der Waals surface area contributed by atoms with Gasteiger partial charge in [0.1, 0.15) is 11.5 Å². The van der Waals surface area contributed by atoms with Crippen molar-refractivity contribution in [2.75, 3.05) is 13.2 Å². The molecule has 0 bridgehead atoms. The predicted octanol–water partition coefficient (Wildman–Crippen LogP) is 3.83. The Hall–Kier alpha value is -2.73. The quantitative estimate of drug-likeness (QED) is 0.687. The van der Waals surface area contributed by atoms with E-state index < -0.39 is 11.8 Å². The second-order valence-electron chi connectivity index (χ2n) is 6.89. The number of hydrogen-bond acceptors (Lipinski definition) is 4. The summed E-state index contributed by atoms with van der Waals surface area (Å²) in [6.07, 6.45) is 0. The van der Waals surface area contributed by atoms with Crippen LogP contribution >= 0.6 is 11.6 Å². The average molecular weight is 405 g/mol. The molecule has 0 aliphatic rings. The first-order valence-corrected chi connectivity index (χ1v) is 9.35. The zero-order valence-corrected chi connectivity index (χ0v) is 17.2. The molecule has 28 heavy (non-hydrogen) atoms. The van der Waals surface area contributed by atoms with Crippen LogP contribution in [-0.2, 0) is 4.79 Å². The van der Waals surface area contributed by atoms with Crippen molar-refractivity contribution in [2.45, 2.75) is 27.7 Å². The van der Waals surface area contributed by atoms with Crippen LogP contribution in [0.4, 0.5) is 0 Å². The monoisotopic (exact) mass is 404 g/mol. The minimum atomic E-state index is -0.476. The van der Waals surface area contributed by atoms with E-state index in [0.29, 0.717) is 34.6 Å². The van der Waals surface area contributed by atoms with E-state index in [1.165, 1.54) is 0 Å². The lowest BCUT2D eigenvalue weighted by molar-refractivity contribution is -0.123. The number of nitrogens with one attached hydrogen (secondary N) is 2. The maximum absolute atomic E-state index is 12.1. The first-order chi connectivity index (χ1) is 13.3. The Morgan fingerprint density at radius 1 is 0.964 bits per heavy atom. The number of carbonyl (C=O) groups excluding carboxylic acids is 2. The van der Waals surface area contributed by atoms with Gasteiger partial charge in [-0.15, -0.1) is 0 Å². The lowest BCUT2D eigenvalue weighted by Crippen LogP contribution is -2.43. The van der Waals surface area contributed by atoms with Crippen molar-refractivity contribution in [2.24, 2.45) is 5.92 Å². The predicted molar refractivity (Wildman–Crippen MR) is 109 cm³/mol. The minimum absolute atomic E-state index is 0.233. The third-order valence-corrected chi connectivity index (χ3v) is 4.39. The molecule has 0 fully saturated rings. The maximum atomic E-state index is 12.1. The highest BCUT2D eigenvalue weighted by Gasteiger charge is 2.10. The summed E-state index contributed by atoms with van der Waals surface area (Å²) in [5.74, 6) is 0.743. The van der Waals surface area contributed by atoms with Crippen molar-refractivity contribution in [3.05, 3.63) is 58.1 Å². The van der Waals surface area contributed by atoms with Crippen molar-refractivity contribution >= 4 is 23.4 Å². The van der Waals surface area contributed by atoms with E-state index in [0.717, 1.165) is 11.1 Å². The molecule has 2 N–H and O–H groups in total. The molecular formula is C21H25ClN2O4. The first-order valence-electron chi connectivity index (χ1n) is 8.98. The smallest absolute Gasteiger partial charge is 0.276 e. The maximum Gasteiger partial charge on any atom is 0.276 e. The summed E-state index contributed by atoms with van der Waals surface area (Å²) in [5.41, 5.74) is 6.82. The molecule has 0 spiro atoms. The van der Waals surface area contributed by atoms with Gasteiger partial charge in [0.25, 0.3) is 11.8 Å². The molecule has 0 aromatic heterocycles. The van der Waals surface area contributed by atoms with Crippen molar-refractivity contribution in [3.8, 4) is 11.5 Å². The summed E-state index contributed by atoms with van der Waals surface area (Å²) in [6.45, 7) is 8.22. The van der Waals surface area contributed by atoms with E-state index in [2.05, 4.69) is 24.7 Å². The van der Waals surface area contributed by atoms with Crippen LogP contribution in [0.15, 0.2) is 36.4 Å². The number of hydrogen-bond donors (Lipinski definition) is 2. The molecule has 2 aromatic carbocycles. The third kappa shape index (κ3) is 6.46. The fraction of sp³-hybridized carbons (Fsp3) is 0.333. The van der Waals surface area contributed by atoms with Crippen LogP contribution in [0.1, 0.15) is 35.3 Å². The molecule has 0 atom stereocenters. The molecule has 0 aliphatic carbocycles. The third-order valence-electron chi connectivity index (χ3n) is 3.80. The highest BCUT2D eigenvalue weighted by atomic mass is 35.5. The Morgan fingerprint density at radius 3 is 2.14 bits per heavy atom. The molecule has 0 aliphatic heterocycles. The number of ether oxygens (including phenoxy) is 2. The highest BCUT2D eigenvalue weighted by molar-refractivity contribution is 6.32. The van der Waals surface area contributed by atoms with E-state index in [9.17, 15) is 9.59 Å². The van der Waals surface area contributed by atoms with Crippen LogP contribution in [0.2, 0.25) is 5.02 Å². The van der Waals surface area contributed by atoms with Gasteiger partial charge in [0.05, 0.1) is 6.61 Å². The Bertz CT molecular complexity index is 812. The summed E-state index contributed by atoms with van der Waals surface area (Å²) in [6, 6.07) is 10.2. The van der Waals surface area contributed by atoms with Gasteiger partial charge in [-0.1, -0.05) is 25.4 Å². The number of halogens is 1. The van der Waals surface area contributed by atoms with Crippen molar-refractivity contribution < 1.29 is 19.1 Å². The van der Waals surface area contributed by atoms with Gasteiger partial charge in [-0.05, 0) is 67.3 Å². The van der Waals surface area contributed by atoms with Gasteiger partial charge in [-0.25, -0.2) is 0 Å². The zero-order valence-electron chi connectivity index (χ0n) is 16.5. The van der Waals surface area contributed by atoms with Gasteiger partial charge in [-0.2, -0.15) is 0 Å². The van der Waals surface area contributed by atoms with Gasteiger partial charge >= 0.3 is 0 Å². The Morgan fingerprint density at radius 2 is 1.57 bits per heavy atom. The lowest BCUT2D eigenvalue weighted by atomic mass is 10.1. The second kappa shape index (κ2) is 9.99. The van der Waals surface area contributed by atoms with Gasteiger partial charge in [-0.3, -0.25) is 20.4 Å². The van der Waals surface area contributed by atoms with Gasteiger partial charge in [0.2, 0.25) is 0 Å². The number of benzene rings is 2. The summed E-state index contributed by atoms with van der Waals surface area (Å²) >= 11 is 6.11. The van der Waals surface area contributed by atoms with E-state index in [1.807, 2.05) is 13.8 Å². The molecule has 7 heteroatoms. The fourth-order valence-electron chi connectivity index (χ4n) is 2.34. The standard InChI is InChI=1S/C21H25ClN2O4/c1-13(2)11-27-17-7-5-16(6-8-17)21(26)24-23-19(25)12-28-18-9-14(3)20(22)15(4)10-18/h5-10,13H,11-12H2,1-4H3,(H,23,25)(H,24,26). The molecule has 150 valence electrons. The van der Waals surface area contributed by atoms with Crippen LogP contribution < -0.4 is 20.3 Å². The topological polar surface area (TPSA) is 76.7 Å². The molecule has 0 saturated heterocycles. The van der Waals surface area contributed by atoms with Crippen LogP contribution in [0.5, 0.6) is 11.5 Å². The molecule has 2 aromatic rings. The Kier molecular flexibility index (Phi) is 7.70. The minimum Gasteiger partial charge on any atom is -0.493 e. The van der Waals surface area contributed by atoms with E-state index in [1.54, 1.807) is 36.4 Å². The van der Waals surface area contributed by atoms with Crippen molar-refractivity contribution in [1.29, 1.82) is 0 Å². The zero-order chi connectivity index (χ0) is 20.7. The average Bonchev–Trinajstić information content (AvgIpc) is 2.67. The normalized spacial score (nSPS) is 10.5. The summed E-state index contributed by atoms with van der Waals surface area (Å²) < 4.78 is 11.0. The number of aryl methyl sites for hydroxylation is 2. The fourth-order valence-corrected chi connectivity index (χ4v) is 2.45. The summed E-state index contributed by atoms with van der Waals surface area (Å²) in [4.78, 5) is 24.0. The van der Waals surface area contributed by atoms with Gasteiger partial charge in [0, 0.05) is 10.6 Å².